The number of rotatable bonds is 5. The summed E-state index contributed by atoms with van der Waals surface area (Å²) in [5, 5.41) is 9.01. The van der Waals surface area contributed by atoms with Gasteiger partial charge in [0.05, 0.1) is 7.11 Å². The van der Waals surface area contributed by atoms with Crippen LogP contribution >= 0.6 is 0 Å². The maximum Gasteiger partial charge on any atom is 0.122 e. The van der Waals surface area contributed by atoms with Crippen LogP contribution in [0.3, 0.4) is 0 Å². The van der Waals surface area contributed by atoms with E-state index < -0.39 is 0 Å². The molecule has 0 aromatic heterocycles. The number of methoxy groups -OCH3 is 1. The first-order valence-corrected chi connectivity index (χ1v) is 6.19. The average Bonchev–Trinajstić information content (AvgIpc) is 2.45. The van der Waals surface area contributed by atoms with Gasteiger partial charge in [0.2, 0.25) is 0 Å². The van der Waals surface area contributed by atoms with Crippen LogP contribution in [0, 0.1) is 0 Å². The van der Waals surface area contributed by atoms with Gasteiger partial charge < -0.3 is 9.84 Å². The SMILES string of the molecule is COc1cccc(-c2ccccc2)c1CCCO. The molecule has 0 atom stereocenters. The first-order chi connectivity index (χ1) is 8.86. The zero-order valence-electron chi connectivity index (χ0n) is 10.6. The van der Waals surface area contributed by atoms with Gasteiger partial charge in [0, 0.05) is 12.2 Å². The summed E-state index contributed by atoms with van der Waals surface area (Å²) in [6, 6.07) is 16.3. The lowest BCUT2D eigenvalue weighted by atomic mass is 9.96. The molecule has 0 bridgehead atoms. The summed E-state index contributed by atoms with van der Waals surface area (Å²) in [5.41, 5.74) is 3.54. The maximum absolute atomic E-state index is 9.01. The molecule has 0 radical (unpaired) electrons. The fourth-order valence-electron chi connectivity index (χ4n) is 2.16. The molecule has 0 amide bonds. The monoisotopic (exact) mass is 242 g/mol. The summed E-state index contributed by atoms with van der Waals surface area (Å²) < 4.78 is 5.42. The lowest BCUT2D eigenvalue weighted by Crippen LogP contribution is -1.97. The number of ether oxygens (including phenoxy) is 1. The van der Waals surface area contributed by atoms with Gasteiger partial charge >= 0.3 is 0 Å². The highest BCUT2D eigenvalue weighted by Gasteiger charge is 2.09. The van der Waals surface area contributed by atoms with Crippen molar-refractivity contribution in [2.45, 2.75) is 12.8 Å². The topological polar surface area (TPSA) is 29.5 Å². The molecule has 0 fully saturated rings. The van der Waals surface area contributed by atoms with E-state index >= 15 is 0 Å². The summed E-state index contributed by atoms with van der Waals surface area (Å²) >= 11 is 0. The Bertz CT molecular complexity index is 492. The molecule has 94 valence electrons. The van der Waals surface area contributed by atoms with Crippen LogP contribution in [0.25, 0.3) is 11.1 Å². The maximum atomic E-state index is 9.01. The highest BCUT2D eigenvalue weighted by atomic mass is 16.5. The molecule has 0 spiro atoms. The highest BCUT2D eigenvalue weighted by Crippen LogP contribution is 2.31. The van der Waals surface area contributed by atoms with Crippen molar-refractivity contribution >= 4 is 0 Å². The van der Waals surface area contributed by atoms with Crippen molar-refractivity contribution in [1.29, 1.82) is 0 Å². The molecule has 0 saturated heterocycles. The number of aliphatic hydroxyl groups is 1. The van der Waals surface area contributed by atoms with E-state index in [9.17, 15) is 0 Å². The molecular formula is C16H18O2. The Morgan fingerprint density at radius 3 is 2.44 bits per heavy atom. The third-order valence-electron chi connectivity index (χ3n) is 3.02. The van der Waals surface area contributed by atoms with Crippen LogP contribution in [0.5, 0.6) is 5.75 Å². The summed E-state index contributed by atoms with van der Waals surface area (Å²) in [7, 11) is 1.69. The molecule has 0 unspecified atom stereocenters. The zero-order valence-corrected chi connectivity index (χ0v) is 10.6. The fourth-order valence-corrected chi connectivity index (χ4v) is 2.16. The molecule has 0 aliphatic rings. The highest BCUT2D eigenvalue weighted by molar-refractivity contribution is 5.70. The number of hydrogen-bond acceptors (Lipinski definition) is 2. The summed E-state index contributed by atoms with van der Waals surface area (Å²) in [5.74, 6) is 0.893. The van der Waals surface area contributed by atoms with Crippen molar-refractivity contribution in [2.24, 2.45) is 0 Å². The van der Waals surface area contributed by atoms with Crippen molar-refractivity contribution in [3.63, 3.8) is 0 Å². The standard InChI is InChI=1S/C16H18O2/c1-18-16-11-5-9-14(15(16)10-6-12-17)13-7-3-2-4-8-13/h2-5,7-9,11,17H,6,10,12H2,1H3. The van der Waals surface area contributed by atoms with Gasteiger partial charge in [-0.1, -0.05) is 42.5 Å². The Balaban J connectivity index is 2.45. The predicted octanol–water partition coefficient (Wildman–Crippen LogP) is 3.29. The summed E-state index contributed by atoms with van der Waals surface area (Å²) in [4.78, 5) is 0. The van der Waals surface area contributed by atoms with Gasteiger partial charge in [-0.15, -0.1) is 0 Å². The molecule has 18 heavy (non-hydrogen) atoms. The van der Waals surface area contributed by atoms with Crippen LogP contribution < -0.4 is 4.74 Å². The Morgan fingerprint density at radius 1 is 1.00 bits per heavy atom. The lowest BCUT2D eigenvalue weighted by molar-refractivity contribution is 0.288. The number of benzene rings is 2. The third kappa shape index (κ3) is 2.71. The minimum Gasteiger partial charge on any atom is -0.496 e. The first kappa shape index (κ1) is 12.7. The van der Waals surface area contributed by atoms with Gasteiger partial charge in [-0.05, 0) is 30.0 Å². The van der Waals surface area contributed by atoms with Crippen LogP contribution in [0.2, 0.25) is 0 Å². The smallest absolute Gasteiger partial charge is 0.122 e. The van der Waals surface area contributed by atoms with E-state index in [4.69, 9.17) is 9.84 Å². The quantitative estimate of drug-likeness (QED) is 0.871. The average molecular weight is 242 g/mol. The molecule has 2 nitrogen and oxygen atoms in total. The second kappa shape index (κ2) is 6.22. The van der Waals surface area contributed by atoms with Gasteiger partial charge in [-0.3, -0.25) is 0 Å². The third-order valence-corrected chi connectivity index (χ3v) is 3.02. The second-order valence-corrected chi connectivity index (χ2v) is 4.18. The van der Waals surface area contributed by atoms with Crippen molar-refractivity contribution in [1.82, 2.24) is 0 Å². The van der Waals surface area contributed by atoms with Crippen molar-refractivity contribution in [3.8, 4) is 16.9 Å². The molecule has 2 heteroatoms. The Kier molecular flexibility index (Phi) is 4.37. The molecule has 0 heterocycles. The molecule has 0 saturated carbocycles. The molecule has 0 aliphatic carbocycles. The van der Waals surface area contributed by atoms with Gasteiger partial charge in [0.15, 0.2) is 0 Å². The van der Waals surface area contributed by atoms with Gasteiger partial charge in [0.25, 0.3) is 0 Å². The van der Waals surface area contributed by atoms with E-state index in [0.29, 0.717) is 0 Å². The molecular weight excluding hydrogens is 224 g/mol. The Labute approximate surface area is 108 Å². The zero-order chi connectivity index (χ0) is 12.8. The summed E-state index contributed by atoms with van der Waals surface area (Å²) in [6.45, 7) is 0.201. The van der Waals surface area contributed by atoms with Crippen molar-refractivity contribution in [3.05, 3.63) is 54.1 Å². The molecule has 2 aromatic rings. The van der Waals surface area contributed by atoms with Gasteiger partial charge in [-0.2, -0.15) is 0 Å². The minimum absolute atomic E-state index is 0.201. The largest absolute Gasteiger partial charge is 0.496 e. The van der Waals surface area contributed by atoms with E-state index in [1.54, 1.807) is 7.11 Å². The van der Waals surface area contributed by atoms with Gasteiger partial charge in [0.1, 0.15) is 5.75 Å². The number of aliphatic hydroxyl groups excluding tert-OH is 1. The Hall–Kier alpha value is -1.80. The normalized spacial score (nSPS) is 10.3. The van der Waals surface area contributed by atoms with Crippen LogP contribution in [0.4, 0.5) is 0 Å². The van der Waals surface area contributed by atoms with E-state index in [2.05, 4.69) is 18.2 Å². The number of hydrogen-bond donors (Lipinski definition) is 1. The molecule has 0 aliphatic heterocycles. The van der Waals surface area contributed by atoms with Crippen LogP contribution in [0.1, 0.15) is 12.0 Å². The predicted molar refractivity (Wildman–Crippen MR) is 73.8 cm³/mol. The van der Waals surface area contributed by atoms with Crippen LogP contribution in [-0.4, -0.2) is 18.8 Å². The van der Waals surface area contributed by atoms with E-state index in [0.717, 1.165) is 18.6 Å². The summed E-state index contributed by atoms with van der Waals surface area (Å²) in [6.07, 6.45) is 1.57. The fraction of sp³-hybridized carbons (Fsp3) is 0.250. The lowest BCUT2D eigenvalue weighted by Gasteiger charge is -2.13. The van der Waals surface area contributed by atoms with Crippen LogP contribution in [-0.2, 0) is 6.42 Å². The molecule has 1 N–H and O–H groups in total. The minimum atomic E-state index is 0.201. The van der Waals surface area contributed by atoms with Gasteiger partial charge in [-0.25, -0.2) is 0 Å². The second-order valence-electron chi connectivity index (χ2n) is 4.18. The van der Waals surface area contributed by atoms with Crippen molar-refractivity contribution < 1.29 is 9.84 Å². The molecule has 2 aromatic carbocycles. The van der Waals surface area contributed by atoms with Crippen molar-refractivity contribution in [2.75, 3.05) is 13.7 Å². The van der Waals surface area contributed by atoms with E-state index in [1.807, 2.05) is 30.3 Å². The molecule has 2 rings (SSSR count). The Morgan fingerprint density at radius 2 is 1.78 bits per heavy atom. The van der Waals surface area contributed by atoms with E-state index in [-0.39, 0.29) is 6.61 Å². The van der Waals surface area contributed by atoms with E-state index in [1.165, 1.54) is 16.7 Å². The first-order valence-electron chi connectivity index (χ1n) is 6.19. The van der Waals surface area contributed by atoms with Crippen LogP contribution in [0.15, 0.2) is 48.5 Å².